The van der Waals surface area contributed by atoms with Gasteiger partial charge in [-0.15, -0.1) is 0 Å². The molecular formula is C27H24F4O4. The minimum absolute atomic E-state index is 0.242. The second-order valence-electron chi connectivity index (χ2n) is 8.32. The van der Waals surface area contributed by atoms with Gasteiger partial charge in [-0.1, -0.05) is 48.5 Å². The molecule has 1 fully saturated rings. The van der Waals surface area contributed by atoms with Crippen LogP contribution in [-0.2, 0) is 28.2 Å². The van der Waals surface area contributed by atoms with Gasteiger partial charge in [0.25, 0.3) is 0 Å². The summed E-state index contributed by atoms with van der Waals surface area (Å²) >= 11 is 0. The number of hydrogen-bond donors (Lipinski definition) is 0. The van der Waals surface area contributed by atoms with Gasteiger partial charge < -0.3 is 14.2 Å². The number of ether oxygens (including phenoxy) is 3. The minimum Gasteiger partial charge on any atom is -0.494 e. The molecule has 8 heteroatoms. The van der Waals surface area contributed by atoms with Crippen molar-refractivity contribution in [3.8, 4) is 11.5 Å². The van der Waals surface area contributed by atoms with Crippen molar-refractivity contribution in [2.75, 3.05) is 6.61 Å². The monoisotopic (exact) mass is 488 g/mol. The smallest absolute Gasteiger partial charge is 0.330 e. The van der Waals surface area contributed by atoms with Crippen molar-refractivity contribution < 1.29 is 36.6 Å². The van der Waals surface area contributed by atoms with Gasteiger partial charge in [0.15, 0.2) is 5.41 Å². The van der Waals surface area contributed by atoms with Crippen LogP contribution in [0, 0.1) is 0 Å². The fourth-order valence-corrected chi connectivity index (χ4v) is 4.13. The van der Waals surface area contributed by atoms with E-state index in [4.69, 9.17) is 14.2 Å². The van der Waals surface area contributed by atoms with Crippen LogP contribution in [0.2, 0.25) is 0 Å². The summed E-state index contributed by atoms with van der Waals surface area (Å²) in [6, 6.07) is 21.2. The molecule has 1 atom stereocenters. The van der Waals surface area contributed by atoms with Crippen LogP contribution in [-0.4, -0.2) is 24.4 Å². The molecule has 0 N–H and O–H groups in total. The first-order chi connectivity index (χ1) is 16.7. The van der Waals surface area contributed by atoms with Gasteiger partial charge >= 0.3 is 17.8 Å². The second-order valence-corrected chi connectivity index (χ2v) is 8.32. The number of rotatable bonds is 9. The Kier molecular flexibility index (Phi) is 6.74. The van der Waals surface area contributed by atoms with Crippen molar-refractivity contribution in [3.63, 3.8) is 0 Å². The van der Waals surface area contributed by atoms with Gasteiger partial charge in [-0.3, -0.25) is 4.79 Å². The number of carbonyl (C=O) groups is 1. The maximum Gasteiger partial charge on any atom is 0.330 e. The molecule has 0 saturated heterocycles. The molecule has 0 amide bonds. The minimum atomic E-state index is -4.60. The molecule has 0 aromatic heterocycles. The van der Waals surface area contributed by atoms with Crippen LogP contribution in [0.25, 0.3) is 0 Å². The summed E-state index contributed by atoms with van der Waals surface area (Å²) in [6.07, 6.45) is -1.34. The van der Waals surface area contributed by atoms with E-state index >= 15 is 0 Å². The van der Waals surface area contributed by atoms with Crippen LogP contribution in [0.3, 0.4) is 0 Å². The van der Waals surface area contributed by atoms with Gasteiger partial charge in [0.05, 0.1) is 6.61 Å². The van der Waals surface area contributed by atoms with Crippen molar-refractivity contribution in [2.45, 2.75) is 43.8 Å². The predicted octanol–water partition coefficient (Wildman–Crippen LogP) is 6.32. The van der Waals surface area contributed by atoms with Crippen molar-refractivity contribution in [2.24, 2.45) is 0 Å². The highest BCUT2D eigenvalue weighted by Crippen LogP contribution is 2.64. The predicted molar refractivity (Wildman–Crippen MR) is 121 cm³/mol. The molecule has 4 nitrogen and oxygen atoms in total. The van der Waals surface area contributed by atoms with E-state index in [-0.39, 0.29) is 18.8 Å². The van der Waals surface area contributed by atoms with E-state index in [1.807, 2.05) is 18.2 Å². The van der Waals surface area contributed by atoms with Crippen molar-refractivity contribution in [1.29, 1.82) is 0 Å². The van der Waals surface area contributed by atoms with Gasteiger partial charge in [0.2, 0.25) is 0 Å². The lowest BCUT2D eigenvalue weighted by Crippen LogP contribution is -2.72. The molecule has 1 saturated carbocycles. The fourth-order valence-electron chi connectivity index (χ4n) is 4.13. The topological polar surface area (TPSA) is 44.8 Å². The largest absolute Gasteiger partial charge is 0.494 e. The van der Waals surface area contributed by atoms with Gasteiger partial charge in [0, 0.05) is 6.42 Å². The third-order valence-corrected chi connectivity index (χ3v) is 6.00. The molecule has 0 heterocycles. The highest BCUT2D eigenvalue weighted by Gasteiger charge is 2.84. The van der Waals surface area contributed by atoms with Crippen molar-refractivity contribution in [1.82, 2.24) is 0 Å². The van der Waals surface area contributed by atoms with E-state index in [1.165, 1.54) is 24.3 Å². The summed E-state index contributed by atoms with van der Waals surface area (Å²) in [6.45, 7) is 1.98. The van der Waals surface area contributed by atoms with Gasteiger partial charge in [-0.05, 0) is 53.9 Å². The van der Waals surface area contributed by atoms with E-state index in [9.17, 15) is 22.4 Å². The van der Waals surface area contributed by atoms with E-state index in [1.54, 1.807) is 43.3 Å². The molecule has 0 radical (unpaired) electrons. The number of benzene rings is 3. The van der Waals surface area contributed by atoms with Crippen LogP contribution in [0.4, 0.5) is 17.6 Å². The fraction of sp³-hybridized carbons (Fsp3) is 0.296. The van der Waals surface area contributed by atoms with Crippen molar-refractivity contribution in [3.05, 3.63) is 95.6 Å². The molecule has 35 heavy (non-hydrogen) atoms. The lowest BCUT2D eigenvalue weighted by molar-refractivity contribution is -0.323. The van der Waals surface area contributed by atoms with Crippen LogP contribution in [0.1, 0.15) is 30.0 Å². The zero-order valence-electron chi connectivity index (χ0n) is 19.0. The highest BCUT2D eigenvalue weighted by molar-refractivity contribution is 5.87. The molecule has 0 spiro atoms. The van der Waals surface area contributed by atoms with E-state index < -0.39 is 29.7 Å². The SMILES string of the molecule is CCOc1ccc(C2(C(=O)OCc3cccc(COc4ccccc4)c3)CC(F)(F)C2(F)F)cc1. The molecule has 0 bridgehead atoms. The Balaban J connectivity index is 1.49. The summed E-state index contributed by atoms with van der Waals surface area (Å²) in [5, 5.41) is 0. The Morgan fingerprint density at radius 2 is 1.43 bits per heavy atom. The third-order valence-electron chi connectivity index (χ3n) is 6.00. The lowest BCUT2D eigenvalue weighted by atomic mass is 9.58. The Bertz CT molecular complexity index is 1170. The standard InChI is InChI=1S/C27H24F4O4/c1-2-33-23-13-11-21(12-14-23)25(18-26(28,29)27(25,30)31)24(32)35-17-20-8-6-7-19(15-20)16-34-22-9-4-3-5-10-22/h3-15H,2,16-18H2,1H3. The maximum absolute atomic E-state index is 14.8. The quantitative estimate of drug-likeness (QED) is 0.261. The Hall–Kier alpha value is -3.55. The molecule has 3 aromatic rings. The number of para-hydroxylation sites is 1. The first kappa shape index (κ1) is 24.6. The maximum atomic E-state index is 14.8. The third kappa shape index (κ3) is 4.57. The molecule has 1 unspecified atom stereocenters. The molecule has 1 aliphatic rings. The molecular weight excluding hydrogens is 464 g/mol. The Labute approximate surface area is 200 Å². The number of carbonyl (C=O) groups excluding carboxylic acids is 1. The number of hydrogen-bond acceptors (Lipinski definition) is 4. The van der Waals surface area contributed by atoms with E-state index in [0.29, 0.717) is 23.7 Å². The van der Waals surface area contributed by atoms with Crippen LogP contribution in [0.5, 0.6) is 11.5 Å². The number of alkyl halides is 4. The summed E-state index contributed by atoms with van der Waals surface area (Å²) in [4.78, 5) is 12.9. The van der Waals surface area contributed by atoms with Crippen molar-refractivity contribution >= 4 is 5.97 Å². The second kappa shape index (κ2) is 9.60. The molecule has 0 aliphatic heterocycles. The van der Waals surface area contributed by atoms with Crippen LogP contribution >= 0.6 is 0 Å². The lowest BCUT2D eigenvalue weighted by Gasteiger charge is -2.51. The molecule has 184 valence electrons. The van der Waals surface area contributed by atoms with Gasteiger partial charge in [-0.25, -0.2) is 0 Å². The zero-order chi connectivity index (χ0) is 25.1. The van der Waals surface area contributed by atoms with E-state index in [2.05, 4.69) is 0 Å². The first-order valence-electron chi connectivity index (χ1n) is 11.1. The van der Waals surface area contributed by atoms with Crippen LogP contribution < -0.4 is 9.47 Å². The Morgan fingerprint density at radius 1 is 0.800 bits per heavy atom. The zero-order valence-corrected chi connectivity index (χ0v) is 19.0. The average molecular weight is 488 g/mol. The van der Waals surface area contributed by atoms with E-state index in [0.717, 1.165) is 5.56 Å². The van der Waals surface area contributed by atoms with Gasteiger partial charge in [0.1, 0.15) is 24.7 Å². The molecule has 3 aromatic carbocycles. The van der Waals surface area contributed by atoms with Gasteiger partial charge in [-0.2, -0.15) is 17.6 Å². The highest BCUT2D eigenvalue weighted by atomic mass is 19.3. The summed E-state index contributed by atoms with van der Waals surface area (Å²) < 4.78 is 73.5. The molecule has 4 rings (SSSR count). The molecule has 1 aliphatic carbocycles. The Morgan fingerprint density at radius 3 is 2.03 bits per heavy atom. The van der Waals surface area contributed by atoms with Crippen LogP contribution in [0.15, 0.2) is 78.9 Å². The first-order valence-corrected chi connectivity index (χ1v) is 11.1. The normalized spacial score (nSPS) is 19.9. The average Bonchev–Trinajstić information content (AvgIpc) is 2.86. The summed E-state index contributed by atoms with van der Waals surface area (Å²) in [5.41, 5.74) is -1.74. The summed E-state index contributed by atoms with van der Waals surface area (Å²) in [5.74, 6) is -9.27. The number of esters is 1. The number of halogens is 4. The summed E-state index contributed by atoms with van der Waals surface area (Å²) in [7, 11) is 0.